The minimum Gasteiger partial charge on any atom is -0.489 e. The zero-order valence-electron chi connectivity index (χ0n) is 11.8. The first-order valence-corrected chi connectivity index (χ1v) is 7.84. The molecule has 116 valence electrons. The number of hydrogen-bond acceptors (Lipinski definition) is 4. The Bertz CT molecular complexity index is 691. The number of rotatable bonds is 5. The first kappa shape index (κ1) is 16.8. The lowest BCUT2D eigenvalue weighted by Gasteiger charge is -2.13. The first-order chi connectivity index (χ1) is 10.5. The van der Waals surface area contributed by atoms with Crippen molar-refractivity contribution >= 4 is 34.5 Å². The van der Waals surface area contributed by atoms with Gasteiger partial charge in [0.05, 0.1) is 0 Å². The van der Waals surface area contributed by atoms with Crippen LogP contribution in [0.2, 0.25) is 0 Å². The molecule has 0 aliphatic rings. The summed E-state index contributed by atoms with van der Waals surface area (Å²) in [5, 5.41) is 0. The molecule has 0 atom stereocenters. The first-order valence-electron chi connectivity index (χ1n) is 6.60. The highest BCUT2D eigenvalue weighted by atomic mass is 79.9. The van der Waals surface area contributed by atoms with E-state index in [4.69, 9.17) is 9.47 Å². The predicted molar refractivity (Wildman–Crippen MR) is 88.1 cm³/mol. The van der Waals surface area contributed by atoms with Crippen molar-refractivity contribution in [3.05, 3.63) is 52.3 Å². The SMILES string of the molecule is CCC(=O)Oc1cccc(Br)c1COc1ccc(S)c(F)c1. The van der Waals surface area contributed by atoms with Crippen LogP contribution >= 0.6 is 28.6 Å². The van der Waals surface area contributed by atoms with E-state index in [9.17, 15) is 9.18 Å². The van der Waals surface area contributed by atoms with Crippen molar-refractivity contribution in [3.63, 3.8) is 0 Å². The monoisotopic (exact) mass is 384 g/mol. The molecule has 0 radical (unpaired) electrons. The van der Waals surface area contributed by atoms with Crippen LogP contribution in [0.4, 0.5) is 4.39 Å². The maximum absolute atomic E-state index is 13.4. The zero-order chi connectivity index (χ0) is 16.1. The fourth-order valence-corrected chi connectivity index (χ4v) is 2.30. The van der Waals surface area contributed by atoms with Crippen molar-refractivity contribution in [1.82, 2.24) is 0 Å². The summed E-state index contributed by atoms with van der Waals surface area (Å²) in [5.74, 6) is 0.0155. The van der Waals surface area contributed by atoms with Gasteiger partial charge in [0.2, 0.25) is 0 Å². The Morgan fingerprint density at radius 3 is 2.77 bits per heavy atom. The predicted octanol–water partition coefficient (Wildman–Crippen LogP) is 4.77. The third kappa shape index (κ3) is 4.24. The minimum absolute atomic E-state index is 0.138. The molecule has 3 nitrogen and oxygen atoms in total. The van der Waals surface area contributed by atoms with Gasteiger partial charge in [-0.15, -0.1) is 12.6 Å². The molecule has 0 N–H and O–H groups in total. The van der Waals surface area contributed by atoms with Crippen molar-refractivity contribution in [3.8, 4) is 11.5 Å². The van der Waals surface area contributed by atoms with Gasteiger partial charge in [0, 0.05) is 27.4 Å². The molecule has 0 heterocycles. The Kier molecular flexibility index (Phi) is 5.85. The number of carbonyl (C=O) groups is 1. The van der Waals surface area contributed by atoms with Crippen molar-refractivity contribution in [2.45, 2.75) is 24.8 Å². The van der Waals surface area contributed by atoms with E-state index in [1.807, 2.05) is 6.07 Å². The third-order valence-corrected chi connectivity index (χ3v) is 4.00. The van der Waals surface area contributed by atoms with Gasteiger partial charge in [0.15, 0.2) is 0 Å². The number of halogens is 2. The van der Waals surface area contributed by atoms with Gasteiger partial charge >= 0.3 is 5.97 Å². The molecule has 0 bridgehead atoms. The summed E-state index contributed by atoms with van der Waals surface area (Å²) in [4.78, 5) is 11.7. The van der Waals surface area contributed by atoms with Gasteiger partial charge < -0.3 is 9.47 Å². The van der Waals surface area contributed by atoms with Crippen molar-refractivity contribution in [1.29, 1.82) is 0 Å². The van der Waals surface area contributed by atoms with Crippen molar-refractivity contribution in [2.24, 2.45) is 0 Å². The largest absolute Gasteiger partial charge is 0.489 e. The van der Waals surface area contributed by atoms with E-state index in [0.29, 0.717) is 17.1 Å². The topological polar surface area (TPSA) is 35.5 Å². The van der Waals surface area contributed by atoms with Gasteiger partial charge in [0.25, 0.3) is 0 Å². The van der Waals surface area contributed by atoms with Crippen LogP contribution in [-0.4, -0.2) is 5.97 Å². The van der Waals surface area contributed by atoms with Crippen LogP contribution in [0.25, 0.3) is 0 Å². The van der Waals surface area contributed by atoms with Gasteiger partial charge in [0.1, 0.15) is 23.9 Å². The third-order valence-electron chi connectivity index (χ3n) is 2.89. The lowest BCUT2D eigenvalue weighted by molar-refractivity contribution is -0.134. The molecular formula is C16H14BrFO3S. The molecule has 0 saturated heterocycles. The molecule has 22 heavy (non-hydrogen) atoms. The second-order valence-electron chi connectivity index (χ2n) is 4.45. The second-order valence-corrected chi connectivity index (χ2v) is 5.78. The molecule has 0 unspecified atom stereocenters. The molecule has 6 heteroatoms. The highest BCUT2D eigenvalue weighted by Crippen LogP contribution is 2.29. The minimum atomic E-state index is -0.453. The summed E-state index contributed by atoms with van der Waals surface area (Å²) in [6.07, 6.45) is 0.279. The summed E-state index contributed by atoms with van der Waals surface area (Å²) in [7, 11) is 0. The van der Waals surface area contributed by atoms with Gasteiger partial charge in [-0.05, 0) is 24.3 Å². The fraction of sp³-hybridized carbons (Fsp3) is 0.188. The summed E-state index contributed by atoms with van der Waals surface area (Å²) in [6, 6.07) is 9.68. The maximum Gasteiger partial charge on any atom is 0.310 e. The van der Waals surface area contributed by atoms with Crippen LogP contribution in [0.1, 0.15) is 18.9 Å². The van der Waals surface area contributed by atoms with Crippen LogP contribution < -0.4 is 9.47 Å². The summed E-state index contributed by atoms with van der Waals surface area (Å²) in [6.45, 7) is 1.86. The van der Waals surface area contributed by atoms with E-state index in [1.165, 1.54) is 12.1 Å². The number of ether oxygens (including phenoxy) is 2. The molecule has 2 aromatic carbocycles. The maximum atomic E-state index is 13.4. The van der Waals surface area contributed by atoms with E-state index < -0.39 is 5.82 Å². The highest BCUT2D eigenvalue weighted by Gasteiger charge is 2.12. The van der Waals surface area contributed by atoms with E-state index in [-0.39, 0.29) is 23.9 Å². The van der Waals surface area contributed by atoms with Crippen LogP contribution in [0.3, 0.4) is 0 Å². The number of esters is 1. The Balaban J connectivity index is 2.17. The molecule has 2 aromatic rings. The van der Waals surface area contributed by atoms with Crippen molar-refractivity contribution < 1.29 is 18.7 Å². The van der Waals surface area contributed by atoms with Gasteiger partial charge in [-0.1, -0.05) is 28.9 Å². The van der Waals surface area contributed by atoms with E-state index in [0.717, 1.165) is 4.47 Å². The quantitative estimate of drug-likeness (QED) is 0.458. The lowest BCUT2D eigenvalue weighted by atomic mass is 10.2. The molecular weight excluding hydrogens is 371 g/mol. The van der Waals surface area contributed by atoms with E-state index in [2.05, 4.69) is 28.6 Å². The molecule has 0 saturated carbocycles. The molecule has 0 spiro atoms. The highest BCUT2D eigenvalue weighted by molar-refractivity contribution is 9.10. The molecule has 0 fully saturated rings. The summed E-state index contributed by atoms with van der Waals surface area (Å²) in [5.41, 5.74) is 0.680. The number of hydrogen-bond donors (Lipinski definition) is 1. The number of carbonyl (C=O) groups excluding carboxylic acids is 1. The standard InChI is InChI=1S/C16H14BrFO3S/c1-2-16(19)21-14-5-3-4-12(17)11(14)9-20-10-6-7-15(22)13(18)8-10/h3-8,22H,2,9H2,1H3. The average molecular weight is 385 g/mol. The lowest BCUT2D eigenvalue weighted by Crippen LogP contribution is -2.09. The Hall–Kier alpha value is -1.53. The van der Waals surface area contributed by atoms with Crippen LogP contribution in [0, 0.1) is 5.82 Å². The van der Waals surface area contributed by atoms with Crippen LogP contribution in [-0.2, 0) is 11.4 Å². The second kappa shape index (κ2) is 7.65. The molecule has 0 aliphatic carbocycles. The fourth-order valence-electron chi connectivity index (χ4n) is 1.70. The Labute approximate surface area is 142 Å². The molecule has 2 rings (SSSR count). The van der Waals surface area contributed by atoms with Gasteiger partial charge in [-0.3, -0.25) is 4.79 Å². The van der Waals surface area contributed by atoms with E-state index in [1.54, 1.807) is 25.1 Å². The molecule has 0 aromatic heterocycles. The van der Waals surface area contributed by atoms with Crippen molar-refractivity contribution in [2.75, 3.05) is 0 Å². The Morgan fingerprint density at radius 1 is 1.32 bits per heavy atom. The zero-order valence-corrected chi connectivity index (χ0v) is 14.3. The van der Waals surface area contributed by atoms with Gasteiger partial charge in [-0.25, -0.2) is 4.39 Å². The number of thiol groups is 1. The van der Waals surface area contributed by atoms with E-state index >= 15 is 0 Å². The van der Waals surface area contributed by atoms with Gasteiger partial charge in [-0.2, -0.15) is 0 Å². The Morgan fingerprint density at radius 2 is 2.09 bits per heavy atom. The average Bonchev–Trinajstić information content (AvgIpc) is 2.50. The smallest absolute Gasteiger partial charge is 0.310 e. The van der Waals surface area contributed by atoms with Crippen LogP contribution in [0.5, 0.6) is 11.5 Å². The molecule has 0 amide bonds. The summed E-state index contributed by atoms with van der Waals surface area (Å²) < 4.78 is 25.0. The normalized spacial score (nSPS) is 10.4. The summed E-state index contributed by atoms with van der Waals surface area (Å²) >= 11 is 7.37. The van der Waals surface area contributed by atoms with Crippen LogP contribution in [0.15, 0.2) is 45.8 Å². The number of benzene rings is 2. The molecule has 0 aliphatic heterocycles.